The van der Waals surface area contributed by atoms with Gasteiger partial charge < -0.3 is 58.0 Å². The predicted octanol–water partition coefficient (Wildman–Crippen LogP) is 4.57. The van der Waals surface area contributed by atoms with Crippen molar-refractivity contribution < 1.29 is 23.7 Å². The molecule has 1 aliphatic carbocycles. The van der Waals surface area contributed by atoms with Crippen LogP contribution >= 0.6 is 0 Å². The van der Waals surface area contributed by atoms with Crippen molar-refractivity contribution in [1.29, 1.82) is 0 Å². The number of morpholine rings is 3. The molecule has 394 valence electrons. The number of nitrogens with zero attached hydrogens (tertiary/aromatic N) is 9. The first-order valence-electron chi connectivity index (χ1n) is 27.5. The van der Waals surface area contributed by atoms with Gasteiger partial charge in [0.2, 0.25) is 0 Å². The quantitative estimate of drug-likeness (QED) is 0.341. The summed E-state index contributed by atoms with van der Waals surface area (Å²) < 4.78 is 26.7. The molecule has 0 aromatic rings. The molecule has 14 heteroatoms. The molecule has 0 N–H and O–H groups in total. The summed E-state index contributed by atoms with van der Waals surface area (Å²) in [6.45, 7) is 26.4. The fourth-order valence-electron chi connectivity index (χ4n) is 10.8. The molecule has 1 saturated carbocycles. The second-order valence-electron chi connectivity index (χ2n) is 22.9. The molecule has 13 aliphatic rings. The summed E-state index contributed by atoms with van der Waals surface area (Å²) in [5.74, 6) is 0. The molecule has 13 rings (SSSR count). The highest BCUT2D eigenvalue weighted by Crippen LogP contribution is 2.53. The summed E-state index contributed by atoms with van der Waals surface area (Å²) in [5, 5.41) is 0. The molecule has 12 aliphatic heterocycles. The maximum absolute atomic E-state index is 5.61. The summed E-state index contributed by atoms with van der Waals surface area (Å²) >= 11 is 0. The van der Waals surface area contributed by atoms with Crippen molar-refractivity contribution in [2.45, 2.75) is 126 Å². The zero-order chi connectivity index (χ0) is 47.9. The van der Waals surface area contributed by atoms with Gasteiger partial charge in [0.05, 0.1) is 50.8 Å². The van der Waals surface area contributed by atoms with E-state index in [2.05, 4.69) is 108 Å². The fourth-order valence-corrected chi connectivity index (χ4v) is 10.8. The lowest BCUT2D eigenvalue weighted by atomic mass is 9.92. The maximum atomic E-state index is 5.61. The van der Waals surface area contributed by atoms with Gasteiger partial charge in [0.1, 0.15) is 0 Å². The van der Waals surface area contributed by atoms with Gasteiger partial charge in [0.15, 0.2) is 0 Å². The van der Waals surface area contributed by atoms with Gasteiger partial charge in [0, 0.05) is 77.7 Å². The van der Waals surface area contributed by atoms with Crippen LogP contribution in [0, 0.1) is 5.41 Å². The molecule has 0 unspecified atom stereocenters. The fraction of sp³-hybridized carbons (Fsp3) is 1.00. The van der Waals surface area contributed by atoms with Crippen molar-refractivity contribution in [3.8, 4) is 0 Å². The van der Waals surface area contributed by atoms with Gasteiger partial charge in [-0.05, 0) is 211 Å². The summed E-state index contributed by atoms with van der Waals surface area (Å²) in [4.78, 5) is 21.2. The molecule has 67 heavy (non-hydrogen) atoms. The Morgan fingerprint density at radius 1 is 0.358 bits per heavy atom. The summed E-state index contributed by atoms with van der Waals surface area (Å²) in [6.07, 6.45) is 22.0. The van der Waals surface area contributed by atoms with Gasteiger partial charge in [-0.2, -0.15) is 0 Å². The standard InChI is InChI=1S/C8H15N.C7H13NO.2C6H11NO.C6H13NO.C6H13N.C5H11NO.C5H11N.C4H9N/c1-9-6-4-8(2-3-8)5-7-9;1-8-5-7(6-8)3-2-4-9-7;2*1-7-3-6-2-5(7)4-8-6;1-7-3-2-5-8-6-4-7;1-7-5-3-2-4-6-7;1-6-2-4-7-5-3-6;1-6-4-2-3-5-6;1-5-3-2-4-5/h2-7H2,1H3;2-6H2,1H3;2*5-6H,2-4H2,1H3;2-6H2,1H3;2-6H2,1H3;2-5H2,1H3;2-5H2,1H3;2-4H2,1H3/t;;2*5-,6-;;;;;/m..10...../s1. The van der Waals surface area contributed by atoms with E-state index in [1.54, 1.807) is 0 Å². The third kappa shape index (κ3) is 22.8. The SMILES string of the molecule is CN1CC2(CCCO2)C1.CN1CCC1.CN1CCC2(CC1)CC2.CN1CCCC1.CN1CCCCC1.CN1CCCOCC1.CN1CCOCC1.CN1C[C@@H]2C[C@H]1CO2.CN1C[C@H]2C[C@@H]1CO2. The number of ether oxygens (including phenoxy) is 5. The monoisotopic (exact) mass is 950 g/mol. The van der Waals surface area contributed by atoms with Crippen LogP contribution in [0.3, 0.4) is 0 Å². The average molecular weight is 950 g/mol. The molecule has 0 amide bonds. The first kappa shape index (κ1) is 57.3. The molecule has 4 bridgehead atoms. The van der Waals surface area contributed by atoms with Crippen LogP contribution in [-0.2, 0) is 23.7 Å². The highest BCUT2D eigenvalue weighted by Gasteiger charge is 2.45. The molecule has 0 aromatic carbocycles. The topological polar surface area (TPSA) is 75.3 Å². The molecule has 0 aromatic heterocycles. The van der Waals surface area contributed by atoms with Crippen LogP contribution in [0.4, 0.5) is 0 Å². The number of rotatable bonds is 0. The van der Waals surface area contributed by atoms with Gasteiger partial charge in [-0.1, -0.05) is 6.42 Å². The first-order chi connectivity index (χ1) is 32.3. The molecular formula is C53H107N9O5. The molecule has 12 heterocycles. The summed E-state index contributed by atoms with van der Waals surface area (Å²) in [6, 6.07) is 1.50. The number of piperidine rings is 2. The van der Waals surface area contributed by atoms with Crippen LogP contribution < -0.4 is 0 Å². The van der Waals surface area contributed by atoms with E-state index in [9.17, 15) is 0 Å². The Kier molecular flexibility index (Phi) is 26.6. The van der Waals surface area contributed by atoms with Crippen LogP contribution in [0.5, 0.6) is 0 Å². The zero-order valence-corrected chi connectivity index (χ0v) is 45.2. The Balaban J connectivity index is 0.000000142. The van der Waals surface area contributed by atoms with Crippen LogP contribution in [0.1, 0.15) is 96.3 Å². The van der Waals surface area contributed by atoms with Crippen LogP contribution in [0.25, 0.3) is 0 Å². The molecule has 13 fully saturated rings. The molecule has 2 spiro atoms. The number of fused-ring (bicyclic) bond motifs is 4. The number of likely N-dealkylation sites (tertiary alicyclic amines) is 7. The maximum Gasteiger partial charge on any atom is 0.0935 e. The van der Waals surface area contributed by atoms with Gasteiger partial charge >= 0.3 is 0 Å². The van der Waals surface area contributed by atoms with Crippen molar-refractivity contribution in [3.05, 3.63) is 0 Å². The normalized spacial score (nSPS) is 32.4. The van der Waals surface area contributed by atoms with Crippen LogP contribution in [0.2, 0.25) is 0 Å². The molecule has 0 radical (unpaired) electrons. The molecular weight excluding hydrogens is 843 g/mol. The van der Waals surface area contributed by atoms with E-state index in [0.717, 1.165) is 110 Å². The Labute approximate surface area is 412 Å². The van der Waals surface area contributed by atoms with Crippen molar-refractivity contribution in [1.82, 2.24) is 44.1 Å². The Bertz CT molecular complexity index is 1190. The highest BCUT2D eigenvalue weighted by molar-refractivity contribution is 4.98. The van der Waals surface area contributed by atoms with Gasteiger partial charge in [-0.25, -0.2) is 0 Å². The lowest BCUT2D eigenvalue weighted by Crippen LogP contribution is -2.59. The second-order valence-corrected chi connectivity index (χ2v) is 22.9. The van der Waals surface area contributed by atoms with Crippen molar-refractivity contribution in [3.63, 3.8) is 0 Å². The van der Waals surface area contributed by atoms with Gasteiger partial charge in [0.25, 0.3) is 0 Å². The van der Waals surface area contributed by atoms with E-state index >= 15 is 0 Å². The largest absolute Gasteiger partial charge is 0.380 e. The second kappa shape index (κ2) is 31.1. The lowest BCUT2D eigenvalue weighted by molar-refractivity contribution is -0.100. The summed E-state index contributed by atoms with van der Waals surface area (Å²) in [7, 11) is 19.5. The number of likely N-dealkylation sites (N-methyl/N-ethyl adjacent to an activating group) is 5. The van der Waals surface area contributed by atoms with Crippen molar-refractivity contribution >= 4 is 0 Å². The van der Waals surface area contributed by atoms with E-state index in [4.69, 9.17) is 23.7 Å². The van der Waals surface area contributed by atoms with Gasteiger partial charge in [-0.15, -0.1) is 0 Å². The minimum atomic E-state index is 0.314. The Morgan fingerprint density at radius 2 is 0.776 bits per heavy atom. The lowest BCUT2D eigenvalue weighted by Gasteiger charge is -2.45. The van der Waals surface area contributed by atoms with E-state index in [0.29, 0.717) is 17.8 Å². The van der Waals surface area contributed by atoms with E-state index in [-0.39, 0.29) is 0 Å². The minimum absolute atomic E-state index is 0.314. The van der Waals surface area contributed by atoms with E-state index < -0.39 is 0 Å². The number of hydrogen-bond acceptors (Lipinski definition) is 14. The van der Waals surface area contributed by atoms with E-state index in [1.807, 2.05) is 0 Å². The van der Waals surface area contributed by atoms with E-state index in [1.165, 1.54) is 155 Å². The molecule has 12 saturated heterocycles. The highest BCUT2D eigenvalue weighted by atomic mass is 16.5. The zero-order valence-electron chi connectivity index (χ0n) is 45.2. The Hall–Kier alpha value is -0.560. The van der Waals surface area contributed by atoms with Gasteiger partial charge in [-0.3, -0.25) is 9.80 Å². The summed E-state index contributed by atoms with van der Waals surface area (Å²) in [5.41, 5.74) is 1.18. The molecule has 4 atom stereocenters. The third-order valence-corrected chi connectivity index (χ3v) is 16.3. The molecule has 14 nitrogen and oxygen atoms in total. The third-order valence-electron chi connectivity index (χ3n) is 16.3. The number of hydrogen-bond donors (Lipinski definition) is 0. The minimum Gasteiger partial charge on any atom is -0.380 e. The predicted molar refractivity (Wildman–Crippen MR) is 277 cm³/mol. The Morgan fingerprint density at radius 3 is 1.07 bits per heavy atom. The van der Waals surface area contributed by atoms with Crippen molar-refractivity contribution in [2.75, 3.05) is 214 Å². The van der Waals surface area contributed by atoms with Crippen LogP contribution in [-0.4, -0.2) is 288 Å². The first-order valence-corrected chi connectivity index (χ1v) is 27.5. The van der Waals surface area contributed by atoms with Crippen molar-refractivity contribution in [2.24, 2.45) is 5.41 Å². The smallest absolute Gasteiger partial charge is 0.0935 e. The average Bonchev–Trinajstić information content (AvgIpc) is 4.03. The van der Waals surface area contributed by atoms with Crippen LogP contribution in [0.15, 0.2) is 0 Å².